The maximum atomic E-state index is 2.58. The van der Waals surface area contributed by atoms with E-state index in [1.807, 2.05) is 0 Å². The first kappa shape index (κ1) is 10.0. The second kappa shape index (κ2) is 3.75. The molecule has 0 aromatic heterocycles. The smallest absolute Gasteiger partial charge is 0.0125 e. The van der Waals surface area contributed by atoms with Gasteiger partial charge >= 0.3 is 0 Å². The highest BCUT2D eigenvalue weighted by Gasteiger charge is 2.22. The highest BCUT2D eigenvalue weighted by atomic mass is 15.2. The van der Waals surface area contributed by atoms with Gasteiger partial charge in [-0.3, -0.25) is 4.90 Å². The van der Waals surface area contributed by atoms with Gasteiger partial charge in [0.2, 0.25) is 0 Å². The summed E-state index contributed by atoms with van der Waals surface area (Å²) in [5, 5.41) is 0. The summed E-state index contributed by atoms with van der Waals surface area (Å²) in [5.41, 5.74) is 0.352. The normalized spacial score (nSPS) is 24.0. The van der Waals surface area contributed by atoms with Crippen LogP contribution in [0.2, 0.25) is 0 Å². The second-order valence-corrected chi connectivity index (χ2v) is 4.81. The third kappa shape index (κ3) is 2.76. The van der Waals surface area contributed by atoms with Gasteiger partial charge in [-0.2, -0.15) is 0 Å². The van der Waals surface area contributed by atoms with E-state index in [0.717, 1.165) is 0 Å². The lowest BCUT2D eigenvalue weighted by Crippen LogP contribution is -2.43. The van der Waals surface area contributed by atoms with Gasteiger partial charge in [0, 0.05) is 18.6 Å². The molecule has 2 heteroatoms. The molecule has 1 fully saturated rings. The minimum absolute atomic E-state index is 0.352. The zero-order valence-electron chi connectivity index (χ0n) is 8.93. The molecule has 0 aromatic carbocycles. The maximum Gasteiger partial charge on any atom is 0.0125 e. The van der Waals surface area contributed by atoms with Crippen LogP contribution in [0, 0.1) is 0 Å². The van der Waals surface area contributed by atoms with E-state index in [-0.39, 0.29) is 0 Å². The molecule has 12 heavy (non-hydrogen) atoms. The molecule has 0 radical (unpaired) electrons. The number of hydrogen-bond donors (Lipinski definition) is 0. The highest BCUT2D eigenvalue weighted by molar-refractivity contribution is 4.79. The van der Waals surface area contributed by atoms with Gasteiger partial charge in [-0.15, -0.1) is 0 Å². The SMILES string of the molecule is CN1CCCN(C(C)(C)C)CC1. The van der Waals surface area contributed by atoms with E-state index in [9.17, 15) is 0 Å². The van der Waals surface area contributed by atoms with Gasteiger partial charge in [0.05, 0.1) is 0 Å². The Kier molecular flexibility index (Phi) is 3.13. The van der Waals surface area contributed by atoms with Crippen LogP contribution in [0.1, 0.15) is 27.2 Å². The van der Waals surface area contributed by atoms with Crippen LogP contribution in [-0.4, -0.2) is 48.6 Å². The molecule has 1 aliphatic rings. The predicted octanol–water partition coefficient (Wildman–Crippen LogP) is 1.42. The molecule has 1 heterocycles. The predicted molar refractivity (Wildman–Crippen MR) is 53.4 cm³/mol. The monoisotopic (exact) mass is 170 g/mol. The molecule has 0 atom stereocenters. The molecule has 0 saturated carbocycles. The molecule has 0 aromatic rings. The maximum absolute atomic E-state index is 2.58. The summed E-state index contributed by atoms with van der Waals surface area (Å²) in [6, 6.07) is 0. The summed E-state index contributed by atoms with van der Waals surface area (Å²) in [6.45, 7) is 11.9. The number of hydrogen-bond acceptors (Lipinski definition) is 2. The molecule has 1 aliphatic heterocycles. The molecule has 1 rings (SSSR count). The highest BCUT2D eigenvalue weighted by Crippen LogP contribution is 2.15. The van der Waals surface area contributed by atoms with Crippen molar-refractivity contribution in [1.82, 2.24) is 9.80 Å². The summed E-state index contributed by atoms with van der Waals surface area (Å²) in [7, 11) is 2.21. The molecule has 0 aliphatic carbocycles. The molecule has 0 spiro atoms. The molecule has 0 bridgehead atoms. The van der Waals surface area contributed by atoms with Crippen molar-refractivity contribution >= 4 is 0 Å². The molecule has 0 N–H and O–H groups in total. The number of nitrogens with zero attached hydrogens (tertiary/aromatic N) is 2. The first-order valence-electron chi connectivity index (χ1n) is 4.94. The van der Waals surface area contributed by atoms with E-state index in [1.165, 1.54) is 32.6 Å². The quantitative estimate of drug-likeness (QED) is 0.542. The van der Waals surface area contributed by atoms with E-state index in [1.54, 1.807) is 0 Å². The van der Waals surface area contributed by atoms with Gasteiger partial charge in [0.15, 0.2) is 0 Å². The van der Waals surface area contributed by atoms with Gasteiger partial charge < -0.3 is 4.90 Å². The average molecular weight is 170 g/mol. The molecule has 0 amide bonds. The largest absolute Gasteiger partial charge is 0.305 e. The van der Waals surface area contributed by atoms with Crippen LogP contribution in [0.3, 0.4) is 0 Å². The van der Waals surface area contributed by atoms with Crippen LogP contribution in [0.5, 0.6) is 0 Å². The Hall–Kier alpha value is -0.0800. The van der Waals surface area contributed by atoms with Gasteiger partial charge in [-0.05, 0) is 47.3 Å². The van der Waals surface area contributed by atoms with Crippen LogP contribution < -0.4 is 0 Å². The fourth-order valence-corrected chi connectivity index (χ4v) is 1.72. The van der Waals surface area contributed by atoms with E-state index in [0.29, 0.717) is 5.54 Å². The Labute approximate surface area is 76.5 Å². The van der Waals surface area contributed by atoms with Crippen molar-refractivity contribution in [1.29, 1.82) is 0 Å². The zero-order chi connectivity index (χ0) is 9.19. The van der Waals surface area contributed by atoms with E-state index in [4.69, 9.17) is 0 Å². The van der Waals surface area contributed by atoms with Crippen LogP contribution >= 0.6 is 0 Å². The second-order valence-electron chi connectivity index (χ2n) is 4.81. The van der Waals surface area contributed by atoms with E-state index >= 15 is 0 Å². The van der Waals surface area contributed by atoms with Crippen molar-refractivity contribution in [3.8, 4) is 0 Å². The fourth-order valence-electron chi connectivity index (χ4n) is 1.72. The standard InChI is InChI=1S/C10H22N2/c1-10(2,3)12-7-5-6-11(4)8-9-12/h5-9H2,1-4H3. The van der Waals surface area contributed by atoms with Crippen LogP contribution in [0.15, 0.2) is 0 Å². The van der Waals surface area contributed by atoms with Crippen molar-refractivity contribution < 1.29 is 0 Å². The molecule has 1 saturated heterocycles. The van der Waals surface area contributed by atoms with Crippen molar-refractivity contribution in [3.63, 3.8) is 0 Å². The van der Waals surface area contributed by atoms with Crippen LogP contribution in [0.25, 0.3) is 0 Å². The lowest BCUT2D eigenvalue weighted by Gasteiger charge is -2.34. The Morgan fingerprint density at radius 1 is 0.917 bits per heavy atom. The average Bonchev–Trinajstić information content (AvgIpc) is 2.11. The molecule has 0 unspecified atom stereocenters. The van der Waals surface area contributed by atoms with Crippen molar-refractivity contribution in [2.24, 2.45) is 0 Å². The van der Waals surface area contributed by atoms with Gasteiger partial charge in [0.1, 0.15) is 0 Å². The number of rotatable bonds is 0. The fraction of sp³-hybridized carbons (Fsp3) is 1.00. The van der Waals surface area contributed by atoms with Crippen LogP contribution in [-0.2, 0) is 0 Å². The molecule has 72 valence electrons. The lowest BCUT2D eigenvalue weighted by atomic mass is 10.1. The minimum atomic E-state index is 0.352. The summed E-state index contributed by atoms with van der Waals surface area (Å²) < 4.78 is 0. The third-order valence-corrected chi connectivity index (χ3v) is 2.67. The van der Waals surface area contributed by atoms with Gasteiger partial charge in [-0.1, -0.05) is 0 Å². The Bertz CT molecular complexity index is 137. The molecular weight excluding hydrogens is 148 g/mol. The Morgan fingerprint density at radius 3 is 2.17 bits per heavy atom. The van der Waals surface area contributed by atoms with E-state index in [2.05, 4.69) is 37.6 Å². The summed E-state index contributed by atoms with van der Waals surface area (Å²) in [6.07, 6.45) is 1.31. The van der Waals surface area contributed by atoms with Gasteiger partial charge in [-0.25, -0.2) is 0 Å². The zero-order valence-corrected chi connectivity index (χ0v) is 8.93. The summed E-state index contributed by atoms with van der Waals surface area (Å²) >= 11 is 0. The Balaban J connectivity index is 2.46. The molecule has 2 nitrogen and oxygen atoms in total. The summed E-state index contributed by atoms with van der Waals surface area (Å²) in [5.74, 6) is 0. The Morgan fingerprint density at radius 2 is 1.58 bits per heavy atom. The first-order chi connectivity index (χ1) is 5.50. The van der Waals surface area contributed by atoms with Gasteiger partial charge in [0.25, 0.3) is 0 Å². The van der Waals surface area contributed by atoms with E-state index < -0.39 is 0 Å². The summed E-state index contributed by atoms with van der Waals surface area (Å²) in [4.78, 5) is 5.00. The third-order valence-electron chi connectivity index (χ3n) is 2.67. The molecular formula is C10H22N2. The van der Waals surface area contributed by atoms with Crippen molar-refractivity contribution in [3.05, 3.63) is 0 Å². The van der Waals surface area contributed by atoms with Crippen molar-refractivity contribution in [2.75, 3.05) is 33.2 Å². The van der Waals surface area contributed by atoms with Crippen LogP contribution in [0.4, 0.5) is 0 Å². The minimum Gasteiger partial charge on any atom is -0.305 e. The number of likely N-dealkylation sites (N-methyl/N-ethyl adjacent to an activating group) is 1. The topological polar surface area (TPSA) is 6.48 Å². The first-order valence-corrected chi connectivity index (χ1v) is 4.94. The van der Waals surface area contributed by atoms with Crippen molar-refractivity contribution in [2.45, 2.75) is 32.7 Å². The lowest BCUT2D eigenvalue weighted by molar-refractivity contribution is 0.143.